The van der Waals surface area contributed by atoms with Crippen molar-refractivity contribution in [3.05, 3.63) is 59.7 Å². The highest BCUT2D eigenvalue weighted by Crippen LogP contribution is 2.33. The second-order valence-corrected chi connectivity index (χ2v) is 5.94. The van der Waals surface area contributed by atoms with Crippen molar-refractivity contribution in [2.24, 2.45) is 11.0 Å². The first-order chi connectivity index (χ1) is 12.2. The zero-order chi connectivity index (χ0) is 17.8. The standard InChI is InChI=1S/C20H18N4O/c1-14-19(11-12-21)24(17-7-9-18(25-2)10-8-17)23-20(14)16-5-3-15(13-22)4-6-16/h3-10,14,19H,11H2,1-2H3. The van der Waals surface area contributed by atoms with E-state index in [2.05, 4.69) is 19.1 Å². The van der Waals surface area contributed by atoms with E-state index < -0.39 is 0 Å². The molecule has 1 aliphatic heterocycles. The normalized spacial score (nSPS) is 19.0. The van der Waals surface area contributed by atoms with Crippen LogP contribution in [0.3, 0.4) is 0 Å². The molecule has 0 saturated heterocycles. The number of rotatable bonds is 4. The average molecular weight is 330 g/mol. The Balaban J connectivity index is 1.97. The average Bonchev–Trinajstić information content (AvgIpc) is 2.99. The van der Waals surface area contributed by atoms with Crippen molar-refractivity contribution in [3.63, 3.8) is 0 Å². The molecule has 2 aromatic rings. The topological polar surface area (TPSA) is 72.4 Å². The molecule has 0 fully saturated rings. The number of benzene rings is 2. The Labute approximate surface area is 147 Å². The number of hydrogen-bond acceptors (Lipinski definition) is 5. The summed E-state index contributed by atoms with van der Waals surface area (Å²) in [6.45, 7) is 2.09. The molecule has 0 amide bonds. The minimum atomic E-state index is -0.0240. The second kappa shape index (κ2) is 7.07. The quantitative estimate of drug-likeness (QED) is 0.856. The van der Waals surface area contributed by atoms with Crippen LogP contribution >= 0.6 is 0 Å². The second-order valence-electron chi connectivity index (χ2n) is 5.94. The zero-order valence-electron chi connectivity index (χ0n) is 14.2. The fourth-order valence-corrected chi connectivity index (χ4v) is 3.05. The summed E-state index contributed by atoms with van der Waals surface area (Å²) in [5.41, 5.74) is 3.46. The molecule has 0 aliphatic carbocycles. The summed E-state index contributed by atoms with van der Waals surface area (Å²) in [7, 11) is 1.63. The molecule has 2 aromatic carbocycles. The van der Waals surface area contributed by atoms with Gasteiger partial charge in [-0.25, -0.2) is 0 Å². The third-order valence-electron chi connectivity index (χ3n) is 4.49. The third-order valence-corrected chi connectivity index (χ3v) is 4.49. The van der Waals surface area contributed by atoms with E-state index in [1.54, 1.807) is 19.2 Å². The number of nitriles is 2. The molecule has 3 rings (SSSR count). The smallest absolute Gasteiger partial charge is 0.119 e. The summed E-state index contributed by atoms with van der Waals surface area (Å²) in [4.78, 5) is 0. The number of anilines is 1. The highest BCUT2D eigenvalue weighted by atomic mass is 16.5. The van der Waals surface area contributed by atoms with E-state index in [1.807, 2.05) is 41.4 Å². The number of methoxy groups -OCH3 is 1. The van der Waals surface area contributed by atoms with Crippen molar-refractivity contribution in [2.75, 3.05) is 12.1 Å². The highest BCUT2D eigenvalue weighted by Gasteiger charge is 2.35. The monoisotopic (exact) mass is 330 g/mol. The molecule has 0 saturated carbocycles. The fraction of sp³-hybridized carbons (Fsp3) is 0.250. The van der Waals surface area contributed by atoms with Gasteiger partial charge in [-0.3, -0.25) is 5.01 Å². The first-order valence-electron chi connectivity index (χ1n) is 8.07. The number of hydrogen-bond donors (Lipinski definition) is 0. The number of nitrogens with zero attached hydrogens (tertiary/aromatic N) is 4. The van der Waals surface area contributed by atoms with Gasteiger partial charge in [-0.1, -0.05) is 19.1 Å². The van der Waals surface area contributed by atoms with Crippen molar-refractivity contribution in [1.82, 2.24) is 0 Å². The molecule has 0 N–H and O–H groups in total. The van der Waals surface area contributed by atoms with Gasteiger partial charge in [-0.2, -0.15) is 15.6 Å². The minimum absolute atomic E-state index is 0.0240. The van der Waals surface area contributed by atoms with Crippen molar-refractivity contribution in [3.8, 4) is 17.9 Å². The van der Waals surface area contributed by atoms with Gasteiger partial charge in [0.05, 0.1) is 48.7 Å². The molecule has 2 atom stereocenters. The van der Waals surface area contributed by atoms with Gasteiger partial charge < -0.3 is 4.74 Å². The van der Waals surface area contributed by atoms with Gasteiger partial charge in [-0.15, -0.1) is 0 Å². The number of hydrazone groups is 1. The van der Waals surface area contributed by atoms with E-state index in [0.717, 1.165) is 22.7 Å². The van der Waals surface area contributed by atoms with Crippen molar-refractivity contribution in [1.29, 1.82) is 10.5 Å². The first kappa shape index (κ1) is 16.5. The Hall–Kier alpha value is -3.31. The molecule has 2 unspecified atom stereocenters. The Morgan fingerprint density at radius 3 is 2.32 bits per heavy atom. The number of ether oxygens (including phenoxy) is 1. The van der Waals surface area contributed by atoms with E-state index in [0.29, 0.717) is 12.0 Å². The van der Waals surface area contributed by atoms with Gasteiger partial charge in [-0.05, 0) is 42.0 Å². The largest absolute Gasteiger partial charge is 0.497 e. The van der Waals surface area contributed by atoms with Crippen LogP contribution in [0.4, 0.5) is 5.69 Å². The van der Waals surface area contributed by atoms with Crippen LogP contribution in [0.1, 0.15) is 24.5 Å². The molecule has 1 aliphatic rings. The summed E-state index contributed by atoms with van der Waals surface area (Å²) in [6, 6.07) is 19.4. The van der Waals surface area contributed by atoms with E-state index >= 15 is 0 Å². The van der Waals surface area contributed by atoms with Crippen LogP contribution in [0.2, 0.25) is 0 Å². The Kier molecular flexibility index (Phi) is 4.68. The summed E-state index contributed by atoms with van der Waals surface area (Å²) in [5, 5.41) is 24.9. The SMILES string of the molecule is COc1ccc(N2N=C(c3ccc(C#N)cc3)C(C)C2CC#N)cc1. The van der Waals surface area contributed by atoms with E-state index in [1.165, 1.54) is 0 Å². The van der Waals surface area contributed by atoms with E-state index in [9.17, 15) is 5.26 Å². The van der Waals surface area contributed by atoms with Gasteiger partial charge in [0, 0.05) is 5.92 Å². The summed E-state index contributed by atoms with van der Waals surface area (Å²) < 4.78 is 5.21. The predicted octanol–water partition coefficient (Wildman–Crippen LogP) is 3.71. The lowest BCUT2D eigenvalue weighted by Crippen LogP contribution is -2.31. The third kappa shape index (κ3) is 3.18. The van der Waals surface area contributed by atoms with Crippen molar-refractivity contribution >= 4 is 11.4 Å². The summed E-state index contributed by atoms with van der Waals surface area (Å²) in [5.74, 6) is 0.888. The maximum atomic E-state index is 9.23. The molecule has 124 valence electrons. The van der Waals surface area contributed by atoms with Crippen LogP contribution in [0.25, 0.3) is 0 Å². The molecule has 1 heterocycles. The van der Waals surface area contributed by atoms with Crippen LogP contribution in [-0.2, 0) is 0 Å². The Bertz CT molecular complexity index is 857. The lowest BCUT2D eigenvalue weighted by molar-refractivity contribution is 0.414. The summed E-state index contributed by atoms with van der Waals surface area (Å²) in [6.07, 6.45) is 0.385. The van der Waals surface area contributed by atoms with E-state index in [-0.39, 0.29) is 12.0 Å². The van der Waals surface area contributed by atoms with Crippen LogP contribution in [0.5, 0.6) is 5.75 Å². The molecular formula is C20H18N4O. The first-order valence-corrected chi connectivity index (χ1v) is 8.07. The molecule has 25 heavy (non-hydrogen) atoms. The van der Waals surface area contributed by atoms with Gasteiger partial charge in [0.1, 0.15) is 5.75 Å². The fourth-order valence-electron chi connectivity index (χ4n) is 3.05. The molecule has 0 spiro atoms. The van der Waals surface area contributed by atoms with Crippen LogP contribution in [-0.4, -0.2) is 18.9 Å². The maximum Gasteiger partial charge on any atom is 0.119 e. The Morgan fingerprint density at radius 2 is 1.76 bits per heavy atom. The van der Waals surface area contributed by atoms with E-state index in [4.69, 9.17) is 15.1 Å². The lowest BCUT2D eigenvalue weighted by atomic mass is 9.91. The van der Waals surface area contributed by atoms with Crippen LogP contribution in [0.15, 0.2) is 53.6 Å². The minimum Gasteiger partial charge on any atom is -0.497 e. The lowest BCUT2D eigenvalue weighted by Gasteiger charge is -2.24. The zero-order valence-corrected chi connectivity index (χ0v) is 14.2. The molecule has 0 aromatic heterocycles. The van der Waals surface area contributed by atoms with Crippen LogP contribution in [0, 0.1) is 28.6 Å². The maximum absolute atomic E-state index is 9.23. The van der Waals surface area contributed by atoms with Gasteiger partial charge in [0.15, 0.2) is 0 Å². The van der Waals surface area contributed by atoms with Crippen LogP contribution < -0.4 is 9.75 Å². The van der Waals surface area contributed by atoms with Gasteiger partial charge >= 0.3 is 0 Å². The van der Waals surface area contributed by atoms with Gasteiger partial charge in [0.25, 0.3) is 0 Å². The highest BCUT2D eigenvalue weighted by molar-refractivity contribution is 6.04. The summed E-state index contributed by atoms with van der Waals surface area (Å²) >= 11 is 0. The van der Waals surface area contributed by atoms with Crippen molar-refractivity contribution in [2.45, 2.75) is 19.4 Å². The predicted molar refractivity (Wildman–Crippen MR) is 96.3 cm³/mol. The molecule has 0 radical (unpaired) electrons. The van der Waals surface area contributed by atoms with Gasteiger partial charge in [0.2, 0.25) is 0 Å². The molecule has 5 heteroatoms. The Morgan fingerprint density at radius 1 is 1.08 bits per heavy atom. The molecule has 0 bridgehead atoms. The molecule has 5 nitrogen and oxygen atoms in total. The molecular weight excluding hydrogens is 312 g/mol. The van der Waals surface area contributed by atoms with Crippen molar-refractivity contribution < 1.29 is 4.74 Å².